The number of ether oxygens (including phenoxy) is 1. The third-order valence-corrected chi connectivity index (χ3v) is 3.99. The fourth-order valence-electron chi connectivity index (χ4n) is 2.12. The van der Waals surface area contributed by atoms with Crippen LogP contribution in [0, 0.1) is 0 Å². The monoisotopic (exact) mass is 319 g/mol. The normalized spacial score (nSPS) is 10.5. The molecule has 2 nitrogen and oxygen atoms in total. The molecule has 0 aromatic heterocycles. The highest BCUT2D eigenvalue weighted by molar-refractivity contribution is 9.10. The number of hydrogen-bond acceptors (Lipinski definition) is 2. The molecule has 0 aliphatic rings. The third kappa shape index (κ3) is 3.10. The Hall–Kier alpha value is -1.48. The molecule has 100 valence electrons. The maximum atomic E-state index is 6.07. The van der Waals surface area contributed by atoms with Gasteiger partial charge < -0.3 is 10.5 Å². The van der Waals surface area contributed by atoms with Crippen LogP contribution in [0.5, 0.6) is 5.75 Å². The Bertz CT molecular complexity index is 564. The van der Waals surface area contributed by atoms with Gasteiger partial charge in [-0.3, -0.25) is 0 Å². The van der Waals surface area contributed by atoms with Crippen molar-refractivity contribution in [2.45, 2.75) is 19.8 Å². The molecule has 0 unspecified atom stereocenters. The molecule has 2 rings (SSSR count). The number of nitrogens with two attached hydrogens (primary N) is 1. The summed E-state index contributed by atoms with van der Waals surface area (Å²) in [6, 6.07) is 12.3. The molecule has 0 radical (unpaired) electrons. The van der Waals surface area contributed by atoms with Crippen LogP contribution >= 0.6 is 15.9 Å². The maximum Gasteiger partial charge on any atom is 0.118 e. The van der Waals surface area contributed by atoms with Crippen molar-refractivity contribution < 1.29 is 4.74 Å². The number of methoxy groups -OCH3 is 1. The molecule has 0 atom stereocenters. The summed E-state index contributed by atoms with van der Waals surface area (Å²) in [5, 5.41) is 0. The quantitative estimate of drug-likeness (QED) is 0.832. The van der Waals surface area contributed by atoms with Crippen molar-refractivity contribution in [1.82, 2.24) is 0 Å². The van der Waals surface area contributed by atoms with Gasteiger partial charge in [-0.2, -0.15) is 0 Å². The Kier molecular flexibility index (Phi) is 4.48. The minimum absolute atomic E-state index is 0.789. The van der Waals surface area contributed by atoms with Gasteiger partial charge in [0.25, 0.3) is 0 Å². The van der Waals surface area contributed by atoms with E-state index >= 15 is 0 Å². The second-order valence-corrected chi connectivity index (χ2v) is 5.32. The van der Waals surface area contributed by atoms with E-state index in [9.17, 15) is 0 Å². The molecule has 0 saturated heterocycles. The van der Waals surface area contributed by atoms with E-state index in [4.69, 9.17) is 10.5 Å². The van der Waals surface area contributed by atoms with Crippen molar-refractivity contribution in [3.8, 4) is 16.9 Å². The fourth-order valence-corrected chi connectivity index (χ4v) is 2.58. The van der Waals surface area contributed by atoms with Crippen molar-refractivity contribution >= 4 is 21.6 Å². The van der Waals surface area contributed by atoms with Crippen LogP contribution in [0.15, 0.2) is 40.9 Å². The van der Waals surface area contributed by atoms with Gasteiger partial charge in [-0.15, -0.1) is 0 Å². The van der Waals surface area contributed by atoms with Crippen molar-refractivity contribution in [2.75, 3.05) is 12.8 Å². The highest BCUT2D eigenvalue weighted by Crippen LogP contribution is 2.35. The van der Waals surface area contributed by atoms with Gasteiger partial charge in [0.2, 0.25) is 0 Å². The Balaban J connectivity index is 2.47. The number of hydrogen-bond donors (Lipinski definition) is 1. The zero-order chi connectivity index (χ0) is 13.8. The lowest BCUT2D eigenvalue weighted by molar-refractivity contribution is 0.415. The molecule has 19 heavy (non-hydrogen) atoms. The van der Waals surface area contributed by atoms with Gasteiger partial charge in [-0.1, -0.05) is 25.5 Å². The molecule has 0 heterocycles. The Morgan fingerprint density at radius 2 is 1.84 bits per heavy atom. The van der Waals surface area contributed by atoms with Gasteiger partial charge in [-0.25, -0.2) is 0 Å². The summed E-state index contributed by atoms with van der Waals surface area (Å²) in [5.74, 6) is 0.859. The number of aryl methyl sites for hydroxylation is 1. The fraction of sp³-hybridized carbons (Fsp3) is 0.250. The van der Waals surface area contributed by atoms with Crippen molar-refractivity contribution in [1.29, 1.82) is 0 Å². The molecule has 2 aromatic rings. The standard InChI is InChI=1S/C16H18BrNO/c1-3-4-11-9-14(16(17)15(18)10-11)12-5-7-13(19-2)8-6-12/h5-10H,3-4,18H2,1-2H3. The van der Waals surface area contributed by atoms with Crippen LogP contribution in [0.3, 0.4) is 0 Å². The predicted molar refractivity (Wildman–Crippen MR) is 84.5 cm³/mol. The van der Waals surface area contributed by atoms with Gasteiger partial charge in [-0.05, 0) is 63.3 Å². The lowest BCUT2D eigenvalue weighted by atomic mass is 10.00. The van der Waals surface area contributed by atoms with Gasteiger partial charge in [0, 0.05) is 10.2 Å². The average Bonchev–Trinajstić information content (AvgIpc) is 2.43. The van der Waals surface area contributed by atoms with E-state index in [-0.39, 0.29) is 0 Å². The number of nitrogen functional groups attached to an aromatic ring is 1. The van der Waals surface area contributed by atoms with Crippen LogP contribution in [-0.4, -0.2) is 7.11 Å². The van der Waals surface area contributed by atoms with Crippen LogP contribution in [-0.2, 0) is 6.42 Å². The number of halogens is 1. The van der Waals surface area contributed by atoms with Crippen molar-refractivity contribution in [3.05, 3.63) is 46.4 Å². The first-order chi connectivity index (χ1) is 9.15. The summed E-state index contributed by atoms with van der Waals surface area (Å²) in [5.41, 5.74) is 10.4. The summed E-state index contributed by atoms with van der Waals surface area (Å²) in [7, 11) is 1.67. The van der Waals surface area contributed by atoms with Crippen LogP contribution in [0.4, 0.5) is 5.69 Å². The molecule has 0 fully saturated rings. The van der Waals surface area contributed by atoms with E-state index in [2.05, 4.69) is 28.9 Å². The molecule has 3 heteroatoms. The zero-order valence-electron chi connectivity index (χ0n) is 11.2. The molecule has 0 bridgehead atoms. The van der Waals surface area contributed by atoms with E-state index < -0.39 is 0 Å². The van der Waals surface area contributed by atoms with Crippen LogP contribution in [0.25, 0.3) is 11.1 Å². The van der Waals surface area contributed by atoms with E-state index in [1.807, 2.05) is 30.3 Å². The summed E-state index contributed by atoms with van der Waals surface area (Å²) < 4.78 is 6.14. The summed E-state index contributed by atoms with van der Waals surface area (Å²) in [6.45, 7) is 2.17. The van der Waals surface area contributed by atoms with Gasteiger partial charge in [0.05, 0.1) is 7.11 Å². The lowest BCUT2D eigenvalue weighted by Crippen LogP contribution is -1.94. The van der Waals surface area contributed by atoms with Crippen molar-refractivity contribution in [2.24, 2.45) is 0 Å². The Morgan fingerprint density at radius 1 is 1.16 bits per heavy atom. The van der Waals surface area contributed by atoms with Crippen LogP contribution < -0.4 is 10.5 Å². The van der Waals surface area contributed by atoms with Gasteiger partial charge in [0.1, 0.15) is 5.75 Å². The maximum absolute atomic E-state index is 6.07. The first-order valence-corrected chi connectivity index (χ1v) is 7.17. The van der Waals surface area contributed by atoms with E-state index in [1.165, 1.54) is 5.56 Å². The number of anilines is 1. The molecule has 0 aliphatic carbocycles. The van der Waals surface area contributed by atoms with Gasteiger partial charge >= 0.3 is 0 Å². The minimum atomic E-state index is 0.789. The summed E-state index contributed by atoms with van der Waals surface area (Å²) in [6.07, 6.45) is 2.16. The molecule has 0 saturated carbocycles. The molecular weight excluding hydrogens is 302 g/mol. The zero-order valence-corrected chi connectivity index (χ0v) is 12.8. The molecule has 2 N–H and O–H groups in total. The molecule has 0 aliphatic heterocycles. The SMILES string of the molecule is CCCc1cc(N)c(Br)c(-c2ccc(OC)cc2)c1. The summed E-state index contributed by atoms with van der Waals surface area (Å²) in [4.78, 5) is 0. The van der Waals surface area contributed by atoms with E-state index in [0.717, 1.165) is 39.9 Å². The Morgan fingerprint density at radius 3 is 2.42 bits per heavy atom. The molecule has 2 aromatic carbocycles. The van der Waals surface area contributed by atoms with Crippen molar-refractivity contribution in [3.63, 3.8) is 0 Å². The second kappa shape index (κ2) is 6.11. The number of benzene rings is 2. The smallest absolute Gasteiger partial charge is 0.118 e. The highest BCUT2D eigenvalue weighted by atomic mass is 79.9. The predicted octanol–water partition coefficient (Wildman–Crippen LogP) is 4.66. The van der Waals surface area contributed by atoms with Crippen LogP contribution in [0.1, 0.15) is 18.9 Å². The number of rotatable bonds is 4. The second-order valence-electron chi connectivity index (χ2n) is 4.53. The van der Waals surface area contributed by atoms with E-state index in [1.54, 1.807) is 7.11 Å². The largest absolute Gasteiger partial charge is 0.497 e. The molecule has 0 spiro atoms. The van der Waals surface area contributed by atoms with Crippen LogP contribution in [0.2, 0.25) is 0 Å². The lowest BCUT2D eigenvalue weighted by Gasteiger charge is -2.11. The minimum Gasteiger partial charge on any atom is -0.497 e. The summed E-state index contributed by atoms with van der Waals surface area (Å²) >= 11 is 3.58. The first-order valence-electron chi connectivity index (χ1n) is 6.38. The molecule has 0 amide bonds. The first kappa shape index (κ1) is 13.9. The highest BCUT2D eigenvalue weighted by Gasteiger charge is 2.08. The average molecular weight is 320 g/mol. The topological polar surface area (TPSA) is 35.2 Å². The van der Waals surface area contributed by atoms with Gasteiger partial charge in [0.15, 0.2) is 0 Å². The molecular formula is C16H18BrNO. The third-order valence-electron chi connectivity index (χ3n) is 3.10. The Labute approximate surface area is 122 Å². The van der Waals surface area contributed by atoms with E-state index in [0.29, 0.717) is 0 Å².